The second-order valence-electron chi connectivity index (χ2n) is 6.14. The van der Waals surface area contributed by atoms with E-state index in [1.807, 2.05) is 0 Å². The van der Waals surface area contributed by atoms with Gasteiger partial charge in [-0.25, -0.2) is 0 Å². The van der Waals surface area contributed by atoms with Gasteiger partial charge in [-0.15, -0.1) is 0 Å². The van der Waals surface area contributed by atoms with E-state index in [1.54, 1.807) is 0 Å². The number of nitrogens with zero attached hydrogens (tertiary/aromatic N) is 2. The summed E-state index contributed by atoms with van der Waals surface area (Å²) in [5.74, 6) is 0.761. The van der Waals surface area contributed by atoms with E-state index in [0.29, 0.717) is 0 Å². The summed E-state index contributed by atoms with van der Waals surface area (Å²) in [6, 6.07) is 1.53. The quantitative estimate of drug-likeness (QED) is 0.803. The summed E-state index contributed by atoms with van der Waals surface area (Å²) in [4.78, 5) is 5.30. The number of nitrogens with one attached hydrogen (secondary N) is 1. The normalized spacial score (nSPS) is 33.2. The molecule has 0 saturated carbocycles. The van der Waals surface area contributed by atoms with Gasteiger partial charge >= 0.3 is 0 Å². The van der Waals surface area contributed by atoms with Crippen molar-refractivity contribution in [1.29, 1.82) is 0 Å². The summed E-state index contributed by atoms with van der Waals surface area (Å²) in [6.45, 7) is 10.9. The standard InChI is InChI=1S/C14H29N3/c1-12(2)14-10-15-7-9-17(14)11-13-6-4-5-8-16(13)3/h12-15H,4-11H2,1-3H3. The van der Waals surface area contributed by atoms with Crippen molar-refractivity contribution in [1.82, 2.24) is 15.1 Å². The third-order valence-corrected chi connectivity index (χ3v) is 4.53. The van der Waals surface area contributed by atoms with Crippen molar-refractivity contribution >= 4 is 0 Å². The van der Waals surface area contributed by atoms with Gasteiger partial charge in [0.05, 0.1) is 0 Å². The third kappa shape index (κ3) is 3.43. The molecular formula is C14H29N3. The summed E-state index contributed by atoms with van der Waals surface area (Å²) < 4.78 is 0. The topological polar surface area (TPSA) is 18.5 Å². The molecule has 0 radical (unpaired) electrons. The van der Waals surface area contributed by atoms with Crippen LogP contribution >= 0.6 is 0 Å². The fourth-order valence-corrected chi connectivity index (χ4v) is 3.30. The highest BCUT2D eigenvalue weighted by Gasteiger charge is 2.28. The smallest absolute Gasteiger partial charge is 0.0244 e. The van der Waals surface area contributed by atoms with Gasteiger partial charge in [0.15, 0.2) is 0 Å². The molecule has 2 unspecified atom stereocenters. The first-order valence-electron chi connectivity index (χ1n) is 7.33. The van der Waals surface area contributed by atoms with Gasteiger partial charge in [0.2, 0.25) is 0 Å². The molecule has 0 aromatic carbocycles. The molecule has 0 bridgehead atoms. The van der Waals surface area contributed by atoms with E-state index in [1.165, 1.54) is 52.0 Å². The van der Waals surface area contributed by atoms with Crippen LogP contribution in [0.25, 0.3) is 0 Å². The predicted molar refractivity (Wildman–Crippen MR) is 73.3 cm³/mol. The maximum atomic E-state index is 3.54. The first-order valence-corrected chi connectivity index (χ1v) is 7.33. The zero-order chi connectivity index (χ0) is 12.3. The number of likely N-dealkylation sites (tertiary alicyclic amines) is 1. The Balaban J connectivity index is 1.90. The molecule has 1 N–H and O–H groups in total. The van der Waals surface area contributed by atoms with E-state index in [-0.39, 0.29) is 0 Å². The van der Waals surface area contributed by atoms with Crippen molar-refractivity contribution in [3.8, 4) is 0 Å². The van der Waals surface area contributed by atoms with Crippen molar-refractivity contribution in [2.75, 3.05) is 39.8 Å². The highest BCUT2D eigenvalue weighted by molar-refractivity contribution is 4.86. The summed E-state index contributed by atoms with van der Waals surface area (Å²) >= 11 is 0. The molecular weight excluding hydrogens is 210 g/mol. The Morgan fingerprint density at radius 3 is 2.76 bits per heavy atom. The first kappa shape index (κ1) is 13.3. The number of rotatable bonds is 3. The summed E-state index contributed by atoms with van der Waals surface area (Å²) in [5.41, 5.74) is 0. The van der Waals surface area contributed by atoms with Crippen molar-refractivity contribution in [2.45, 2.75) is 45.2 Å². The van der Waals surface area contributed by atoms with Crippen LogP contribution in [0, 0.1) is 5.92 Å². The molecule has 2 fully saturated rings. The molecule has 2 rings (SSSR count). The Kier molecular flexibility index (Phi) is 4.83. The maximum absolute atomic E-state index is 3.54. The largest absolute Gasteiger partial charge is 0.314 e. The van der Waals surface area contributed by atoms with E-state index in [9.17, 15) is 0 Å². The van der Waals surface area contributed by atoms with E-state index in [4.69, 9.17) is 0 Å². The Bertz CT molecular complexity index is 230. The minimum Gasteiger partial charge on any atom is -0.314 e. The van der Waals surface area contributed by atoms with Gasteiger partial charge in [0, 0.05) is 38.3 Å². The lowest BCUT2D eigenvalue weighted by Crippen LogP contribution is -2.57. The molecule has 3 heteroatoms. The van der Waals surface area contributed by atoms with Gasteiger partial charge in [-0.1, -0.05) is 20.3 Å². The van der Waals surface area contributed by atoms with Crippen LogP contribution in [0.4, 0.5) is 0 Å². The molecule has 0 aromatic heterocycles. The molecule has 0 aromatic rings. The van der Waals surface area contributed by atoms with Gasteiger partial charge in [0.25, 0.3) is 0 Å². The monoisotopic (exact) mass is 239 g/mol. The average molecular weight is 239 g/mol. The number of piperazine rings is 1. The van der Waals surface area contributed by atoms with Crippen LogP contribution < -0.4 is 5.32 Å². The zero-order valence-electron chi connectivity index (χ0n) is 11.8. The SMILES string of the molecule is CC(C)C1CNCCN1CC1CCCCN1C. The molecule has 2 aliphatic rings. The molecule has 2 heterocycles. The minimum absolute atomic E-state index is 0.735. The van der Waals surface area contributed by atoms with Crippen LogP contribution in [-0.4, -0.2) is 61.7 Å². The van der Waals surface area contributed by atoms with Crippen LogP contribution in [0.5, 0.6) is 0 Å². The van der Waals surface area contributed by atoms with Crippen molar-refractivity contribution in [3.63, 3.8) is 0 Å². The summed E-state index contributed by atoms with van der Waals surface area (Å²) in [6.07, 6.45) is 4.21. The van der Waals surface area contributed by atoms with Crippen LogP contribution in [0.15, 0.2) is 0 Å². The van der Waals surface area contributed by atoms with Crippen LogP contribution in [0.2, 0.25) is 0 Å². The van der Waals surface area contributed by atoms with Gasteiger partial charge < -0.3 is 10.2 Å². The first-order chi connectivity index (χ1) is 8.18. The lowest BCUT2D eigenvalue weighted by molar-refractivity contribution is 0.0698. The Morgan fingerprint density at radius 1 is 1.24 bits per heavy atom. The van der Waals surface area contributed by atoms with E-state index in [0.717, 1.165) is 18.0 Å². The van der Waals surface area contributed by atoms with Gasteiger partial charge in [-0.3, -0.25) is 4.90 Å². The summed E-state index contributed by atoms with van der Waals surface area (Å²) in [7, 11) is 2.30. The molecule has 2 saturated heterocycles. The highest BCUT2D eigenvalue weighted by atomic mass is 15.3. The van der Waals surface area contributed by atoms with E-state index in [2.05, 4.69) is 36.0 Å². The molecule has 0 spiro atoms. The number of likely N-dealkylation sites (N-methyl/N-ethyl adjacent to an activating group) is 1. The molecule has 100 valence electrons. The molecule has 0 aliphatic carbocycles. The predicted octanol–water partition coefficient (Wildman–Crippen LogP) is 1.40. The van der Waals surface area contributed by atoms with Crippen LogP contribution in [0.3, 0.4) is 0 Å². The van der Waals surface area contributed by atoms with E-state index < -0.39 is 0 Å². The number of piperidine rings is 1. The lowest BCUT2D eigenvalue weighted by atomic mass is 9.97. The fraction of sp³-hybridized carbons (Fsp3) is 1.00. The van der Waals surface area contributed by atoms with Crippen molar-refractivity contribution in [3.05, 3.63) is 0 Å². The van der Waals surface area contributed by atoms with E-state index >= 15 is 0 Å². The number of hydrogen-bond acceptors (Lipinski definition) is 3. The summed E-state index contributed by atoms with van der Waals surface area (Å²) in [5, 5.41) is 3.54. The molecule has 0 amide bonds. The second kappa shape index (κ2) is 6.17. The fourth-order valence-electron chi connectivity index (χ4n) is 3.30. The molecule has 2 atom stereocenters. The van der Waals surface area contributed by atoms with Crippen LogP contribution in [-0.2, 0) is 0 Å². The Labute approximate surface area is 107 Å². The van der Waals surface area contributed by atoms with Crippen molar-refractivity contribution in [2.24, 2.45) is 5.92 Å². The van der Waals surface area contributed by atoms with Crippen molar-refractivity contribution < 1.29 is 0 Å². The Hall–Kier alpha value is -0.120. The molecule has 2 aliphatic heterocycles. The third-order valence-electron chi connectivity index (χ3n) is 4.53. The van der Waals surface area contributed by atoms with Gasteiger partial charge in [-0.05, 0) is 32.4 Å². The molecule has 3 nitrogen and oxygen atoms in total. The van der Waals surface area contributed by atoms with Gasteiger partial charge in [0.1, 0.15) is 0 Å². The lowest BCUT2D eigenvalue weighted by Gasteiger charge is -2.43. The van der Waals surface area contributed by atoms with Crippen LogP contribution in [0.1, 0.15) is 33.1 Å². The second-order valence-corrected chi connectivity index (χ2v) is 6.14. The zero-order valence-corrected chi connectivity index (χ0v) is 11.8. The number of hydrogen-bond donors (Lipinski definition) is 1. The minimum atomic E-state index is 0.735. The average Bonchev–Trinajstić information content (AvgIpc) is 2.32. The maximum Gasteiger partial charge on any atom is 0.0244 e. The molecule has 17 heavy (non-hydrogen) atoms. The van der Waals surface area contributed by atoms with Gasteiger partial charge in [-0.2, -0.15) is 0 Å². The highest BCUT2D eigenvalue weighted by Crippen LogP contribution is 2.19. The Morgan fingerprint density at radius 2 is 2.06 bits per heavy atom.